The molecule has 0 unspecified atom stereocenters. The summed E-state index contributed by atoms with van der Waals surface area (Å²) in [7, 11) is 0. The van der Waals surface area contributed by atoms with Crippen LogP contribution in [-0.4, -0.2) is 29.0 Å². The van der Waals surface area contributed by atoms with E-state index in [1.54, 1.807) is 65.8 Å². The molecule has 0 bridgehead atoms. The molecule has 5 nitrogen and oxygen atoms in total. The molecule has 0 radical (unpaired) electrons. The van der Waals surface area contributed by atoms with Gasteiger partial charge in [-0.2, -0.15) is 4.99 Å². The van der Waals surface area contributed by atoms with Gasteiger partial charge in [0.2, 0.25) is 0 Å². The molecule has 1 aromatic rings. The Kier molecular flexibility index (Phi) is 5.47. The van der Waals surface area contributed by atoms with E-state index in [0.717, 1.165) is 0 Å². The van der Waals surface area contributed by atoms with Gasteiger partial charge in [-0.3, -0.25) is 0 Å². The molecule has 0 saturated carbocycles. The molecule has 0 aromatic heterocycles. The van der Waals surface area contributed by atoms with Gasteiger partial charge in [-0.1, -0.05) is 30.3 Å². The van der Waals surface area contributed by atoms with Crippen LogP contribution in [0.5, 0.6) is 0 Å². The van der Waals surface area contributed by atoms with Gasteiger partial charge < -0.3 is 9.47 Å². The summed E-state index contributed by atoms with van der Waals surface area (Å²) in [6.07, 6.45) is -0.822. The van der Waals surface area contributed by atoms with Gasteiger partial charge >= 0.3 is 12.1 Å². The maximum atomic E-state index is 12.3. The first-order valence-corrected chi connectivity index (χ1v) is 7.08. The number of nitrogens with zero attached hydrogens (tertiary/aromatic N) is 1. The van der Waals surface area contributed by atoms with Crippen LogP contribution in [0.3, 0.4) is 0 Å². The van der Waals surface area contributed by atoms with Crippen molar-refractivity contribution in [2.75, 3.05) is 0 Å². The maximum absolute atomic E-state index is 12.3. The Morgan fingerprint density at radius 2 is 1.36 bits per heavy atom. The molecule has 120 valence electrons. The molecule has 0 N–H and O–H groups in total. The highest BCUT2D eigenvalue weighted by atomic mass is 16.6. The van der Waals surface area contributed by atoms with Crippen LogP contribution in [0.25, 0.3) is 0 Å². The van der Waals surface area contributed by atoms with E-state index in [1.165, 1.54) is 0 Å². The smallest absolute Gasteiger partial charge is 0.434 e. The number of carbonyl (C=O) groups is 2. The molecule has 0 aliphatic carbocycles. The molecule has 1 aromatic carbocycles. The van der Waals surface area contributed by atoms with Gasteiger partial charge in [-0.15, -0.1) is 0 Å². The molecular formula is C17H23NO4. The van der Waals surface area contributed by atoms with Gasteiger partial charge in [0.1, 0.15) is 11.2 Å². The summed E-state index contributed by atoms with van der Waals surface area (Å²) in [5.74, 6) is -0.662. The third kappa shape index (κ3) is 6.52. The fourth-order valence-corrected chi connectivity index (χ4v) is 1.53. The van der Waals surface area contributed by atoms with E-state index in [2.05, 4.69) is 4.99 Å². The minimum atomic E-state index is -0.822. The Morgan fingerprint density at radius 3 is 1.82 bits per heavy atom. The normalized spacial score (nSPS) is 12.7. The summed E-state index contributed by atoms with van der Waals surface area (Å²) in [4.78, 5) is 28.0. The molecule has 1 amide bonds. The highest BCUT2D eigenvalue weighted by Gasteiger charge is 2.25. The molecule has 22 heavy (non-hydrogen) atoms. The summed E-state index contributed by atoms with van der Waals surface area (Å²) < 4.78 is 10.4. The second kappa shape index (κ2) is 6.73. The Balaban J connectivity index is 3.13. The van der Waals surface area contributed by atoms with Gasteiger partial charge in [0.05, 0.1) is 0 Å². The fourth-order valence-electron chi connectivity index (χ4n) is 1.53. The number of amides is 1. The first-order valence-electron chi connectivity index (χ1n) is 7.08. The summed E-state index contributed by atoms with van der Waals surface area (Å²) in [5, 5.41) is 0. The lowest BCUT2D eigenvalue weighted by atomic mass is 10.1. The van der Waals surface area contributed by atoms with Crippen molar-refractivity contribution in [1.29, 1.82) is 0 Å². The predicted molar refractivity (Wildman–Crippen MR) is 85.1 cm³/mol. The van der Waals surface area contributed by atoms with E-state index >= 15 is 0 Å². The summed E-state index contributed by atoms with van der Waals surface area (Å²) >= 11 is 0. The molecule has 0 heterocycles. The number of ether oxygens (including phenoxy) is 2. The number of hydrogen-bond acceptors (Lipinski definition) is 4. The van der Waals surface area contributed by atoms with E-state index in [0.29, 0.717) is 5.56 Å². The van der Waals surface area contributed by atoms with E-state index in [9.17, 15) is 9.59 Å². The van der Waals surface area contributed by atoms with Crippen molar-refractivity contribution in [2.45, 2.75) is 52.7 Å². The quantitative estimate of drug-likeness (QED) is 0.616. The van der Waals surface area contributed by atoms with Crippen molar-refractivity contribution in [2.24, 2.45) is 4.99 Å². The topological polar surface area (TPSA) is 65.0 Å². The highest BCUT2D eigenvalue weighted by Crippen LogP contribution is 2.13. The van der Waals surface area contributed by atoms with Gasteiger partial charge in [0.15, 0.2) is 5.71 Å². The molecule has 0 aliphatic rings. The molecular weight excluding hydrogens is 282 g/mol. The molecule has 0 atom stereocenters. The second-order valence-electron chi connectivity index (χ2n) is 6.81. The number of carbonyl (C=O) groups excluding carboxylic acids is 2. The maximum Gasteiger partial charge on any atom is 0.434 e. The van der Waals surface area contributed by atoms with Gasteiger partial charge in [-0.05, 0) is 41.5 Å². The average Bonchev–Trinajstić information content (AvgIpc) is 2.32. The van der Waals surface area contributed by atoms with Gasteiger partial charge in [0.25, 0.3) is 0 Å². The first-order chi connectivity index (χ1) is 9.98. The van der Waals surface area contributed by atoms with Crippen LogP contribution in [0, 0.1) is 0 Å². The SMILES string of the molecule is CC(C)(C)OC(=O)/N=C(/C(=O)OC(C)(C)C)c1ccccc1. The average molecular weight is 305 g/mol. The standard InChI is InChI=1S/C17H23NO4/c1-16(2,3)21-14(19)13(12-10-8-7-9-11-12)18-15(20)22-17(4,5)6/h7-11H,1-6H3/b18-13+. The lowest BCUT2D eigenvalue weighted by molar-refractivity contribution is -0.146. The van der Waals surface area contributed by atoms with Gasteiger partial charge in [0, 0.05) is 5.56 Å². The van der Waals surface area contributed by atoms with Crippen LogP contribution < -0.4 is 0 Å². The number of aliphatic imine (C=N–C) groups is 1. The second-order valence-corrected chi connectivity index (χ2v) is 6.81. The van der Waals surface area contributed by atoms with Crippen molar-refractivity contribution in [3.63, 3.8) is 0 Å². The van der Waals surface area contributed by atoms with Crippen LogP contribution >= 0.6 is 0 Å². The summed E-state index contributed by atoms with van der Waals surface area (Å²) in [5.41, 5.74) is -0.927. The van der Waals surface area contributed by atoms with Crippen molar-refractivity contribution in [3.8, 4) is 0 Å². The van der Waals surface area contributed by atoms with Crippen LogP contribution in [0.2, 0.25) is 0 Å². The van der Waals surface area contributed by atoms with E-state index in [4.69, 9.17) is 9.47 Å². The van der Waals surface area contributed by atoms with Gasteiger partial charge in [-0.25, -0.2) is 9.59 Å². The Morgan fingerprint density at radius 1 is 0.864 bits per heavy atom. The number of benzene rings is 1. The minimum absolute atomic E-state index is 0.0650. The Labute approximate surface area is 131 Å². The largest absolute Gasteiger partial charge is 0.455 e. The number of esters is 1. The fraction of sp³-hybridized carbons (Fsp3) is 0.471. The summed E-state index contributed by atoms with van der Waals surface area (Å²) in [6.45, 7) is 10.4. The van der Waals surface area contributed by atoms with Crippen molar-refractivity contribution in [3.05, 3.63) is 35.9 Å². The number of rotatable bonds is 2. The molecule has 5 heteroatoms. The zero-order chi connectivity index (χ0) is 17.0. The van der Waals surface area contributed by atoms with Crippen LogP contribution in [0.15, 0.2) is 35.3 Å². The lowest BCUT2D eigenvalue weighted by Gasteiger charge is -2.21. The van der Waals surface area contributed by atoms with Crippen LogP contribution in [0.4, 0.5) is 4.79 Å². The Hall–Kier alpha value is -2.17. The Bertz CT molecular complexity index is 563. The summed E-state index contributed by atoms with van der Waals surface area (Å²) in [6, 6.07) is 8.69. The molecule has 0 spiro atoms. The molecule has 0 saturated heterocycles. The zero-order valence-corrected chi connectivity index (χ0v) is 14.0. The predicted octanol–water partition coefficient (Wildman–Crippen LogP) is 3.75. The van der Waals surface area contributed by atoms with E-state index in [-0.39, 0.29) is 5.71 Å². The van der Waals surface area contributed by atoms with Crippen LogP contribution in [-0.2, 0) is 14.3 Å². The first kappa shape index (κ1) is 17.9. The highest BCUT2D eigenvalue weighted by molar-refractivity contribution is 6.44. The monoisotopic (exact) mass is 305 g/mol. The molecule has 0 fully saturated rings. The third-order valence-electron chi connectivity index (χ3n) is 2.24. The number of hydrogen-bond donors (Lipinski definition) is 0. The lowest BCUT2D eigenvalue weighted by Crippen LogP contribution is -2.31. The minimum Gasteiger partial charge on any atom is -0.455 e. The van der Waals surface area contributed by atoms with Crippen molar-refractivity contribution in [1.82, 2.24) is 0 Å². The van der Waals surface area contributed by atoms with E-state index < -0.39 is 23.3 Å². The third-order valence-corrected chi connectivity index (χ3v) is 2.24. The van der Waals surface area contributed by atoms with Crippen molar-refractivity contribution >= 4 is 17.8 Å². The van der Waals surface area contributed by atoms with Crippen molar-refractivity contribution < 1.29 is 19.1 Å². The van der Waals surface area contributed by atoms with Crippen LogP contribution in [0.1, 0.15) is 47.1 Å². The molecule has 1 rings (SSSR count). The van der Waals surface area contributed by atoms with E-state index in [1.807, 2.05) is 6.07 Å². The zero-order valence-electron chi connectivity index (χ0n) is 14.0. The molecule has 0 aliphatic heterocycles.